The number of nitrogens with zero attached hydrogens (tertiary/aromatic N) is 1. The van der Waals surface area contributed by atoms with Crippen LogP contribution in [0.3, 0.4) is 0 Å². The highest BCUT2D eigenvalue weighted by Gasteiger charge is 2.45. The standard InChI is InChI=1S/C18H19FN2O3/c1-23-14-8-5-12(9-15(14)24-2)17-16(20)18(22)21(17)10-11-3-6-13(19)7-4-11/h3-9,16-17H,10,20H2,1-2H3/t16-,17+/m0/s1. The van der Waals surface area contributed by atoms with Crippen LogP contribution in [0.4, 0.5) is 4.39 Å². The van der Waals surface area contributed by atoms with Crippen LogP contribution in [-0.2, 0) is 11.3 Å². The lowest BCUT2D eigenvalue weighted by Gasteiger charge is -2.46. The number of benzene rings is 2. The molecule has 1 amide bonds. The monoisotopic (exact) mass is 330 g/mol. The fourth-order valence-corrected chi connectivity index (χ4v) is 2.96. The van der Waals surface area contributed by atoms with Gasteiger partial charge in [-0.1, -0.05) is 18.2 Å². The van der Waals surface area contributed by atoms with E-state index in [0.29, 0.717) is 18.0 Å². The molecule has 2 aromatic rings. The molecule has 1 fully saturated rings. The highest BCUT2D eigenvalue weighted by Crippen LogP contribution is 2.38. The third-order valence-electron chi connectivity index (χ3n) is 4.26. The number of nitrogens with two attached hydrogens (primary N) is 1. The molecular weight excluding hydrogens is 311 g/mol. The summed E-state index contributed by atoms with van der Waals surface area (Å²) in [5.74, 6) is 0.773. The predicted octanol–water partition coefficient (Wildman–Crippen LogP) is 2.25. The van der Waals surface area contributed by atoms with Gasteiger partial charge >= 0.3 is 0 Å². The van der Waals surface area contributed by atoms with Crippen molar-refractivity contribution in [3.63, 3.8) is 0 Å². The zero-order chi connectivity index (χ0) is 17.3. The molecule has 0 radical (unpaired) electrons. The molecule has 1 heterocycles. The van der Waals surface area contributed by atoms with E-state index >= 15 is 0 Å². The predicted molar refractivity (Wildman–Crippen MR) is 87.2 cm³/mol. The van der Waals surface area contributed by atoms with E-state index in [9.17, 15) is 9.18 Å². The average molecular weight is 330 g/mol. The zero-order valence-corrected chi connectivity index (χ0v) is 13.5. The van der Waals surface area contributed by atoms with Gasteiger partial charge in [-0.2, -0.15) is 0 Å². The minimum absolute atomic E-state index is 0.126. The van der Waals surface area contributed by atoms with Crippen molar-refractivity contribution in [2.75, 3.05) is 14.2 Å². The molecule has 6 heteroatoms. The molecule has 0 saturated carbocycles. The summed E-state index contributed by atoms with van der Waals surface area (Å²) in [6.07, 6.45) is 0. The number of likely N-dealkylation sites (tertiary alicyclic amines) is 1. The highest BCUT2D eigenvalue weighted by atomic mass is 19.1. The Morgan fingerprint density at radius 3 is 2.38 bits per heavy atom. The Morgan fingerprint density at radius 1 is 1.08 bits per heavy atom. The Hall–Kier alpha value is -2.60. The molecule has 2 N–H and O–H groups in total. The van der Waals surface area contributed by atoms with Crippen molar-refractivity contribution in [3.05, 3.63) is 59.4 Å². The molecule has 0 aromatic heterocycles. The van der Waals surface area contributed by atoms with Crippen molar-refractivity contribution in [1.82, 2.24) is 4.90 Å². The van der Waals surface area contributed by atoms with Gasteiger partial charge in [0.25, 0.3) is 0 Å². The van der Waals surface area contributed by atoms with Gasteiger partial charge in [-0.3, -0.25) is 4.79 Å². The summed E-state index contributed by atoms with van der Waals surface area (Å²) >= 11 is 0. The number of β-lactam (4-membered cyclic amide) rings is 1. The summed E-state index contributed by atoms with van der Waals surface area (Å²) in [6.45, 7) is 0.381. The molecule has 24 heavy (non-hydrogen) atoms. The van der Waals surface area contributed by atoms with Crippen molar-refractivity contribution in [2.24, 2.45) is 5.73 Å². The molecule has 0 bridgehead atoms. The van der Waals surface area contributed by atoms with E-state index in [2.05, 4.69) is 0 Å². The zero-order valence-electron chi connectivity index (χ0n) is 13.5. The Kier molecular flexibility index (Phi) is 4.40. The number of amides is 1. The number of ether oxygens (including phenoxy) is 2. The Balaban J connectivity index is 1.85. The molecule has 2 atom stereocenters. The van der Waals surface area contributed by atoms with Crippen LogP contribution in [0.15, 0.2) is 42.5 Å². The maximum Gasteiger partial charge on any atom is 0.242 e. The number of hydrogen-bond acceptors (Lipinski definition) is 4. The van der Waals surface area contributed by atoms with Gasteiger partial charge in [-0.05, 0) is 35.4 Å². The van der Waals surface area contributed by atoms with Crippen LogP contribution in [0.2, 0.25) is 0 Å². The molecule has 1 aliphatic rings. The molecule has 3 rings (SSSR count). The second kappa shape index (κ2) is 6.49. The summed E-state index contributed by atoms with van der Waals surface area (Å²) in [6, 6.07) is 10.7. The summed E-state index contributed by atoms with van der Waals surface area (Å²) in [5.41, 5.74) is 7.73. The van der Waals surface area contributed by atoms with E-state index in [0.717, 1.165) is 11.1 Å². The summed E-state index contributed by atoms with van der Waals surface area (Å²) in [5, 5.41) is 0. The van der Waals surface area contributed by atoms with Gasteiger partial charge < -0.3 is 20.1 Å². The van der Waals surface area contributed by atoms with Crippen LogP contribution in [0.1, 0.15) is 17.2 Å². The van der Waals surface area contributed by atoms with E-state index in [1.165, 1.54) is 12.1 Å². The molecule has 1 saturated heterocycles. The number of carbonyl (C=O) groups excluding carboxylic acids is 1. The minimum atomic E-state index is -0.594. The van der Waals surface area contributed by atoms with Gasteiger partial charge in [-0.25, -0.2) is 4.39 Å². The maximum absolute atomic E-state index is 13.0. The van der Waals surface area contributed by atoms with Gasteiger partial charge in [0.1, 0.15) is 11.9 Å². The molecule has 126 valence electrons. The van der Waals surface area contributed by atoms with Crippen molar-refractivity contribution in [2.45, 2.75) is 18.6 Å². The first-order valence-corrected chi connectivity index (χ1v) is 7.57. The number of carbonyl (C=O) groups is 1. The highest BCUT2D eigenvalue weighted by molar-refractivity contribution is 5.89. The van der Waals surface area contributed by atoms with Crippen molar-refractivity contribution >= 4 is 5.91 Å². The summed E-state index contributed by atoms with van der Waals surface area (Å²) in [4.78, 5) is 13.8. The van der Waals surface area contributed by atoms with Gasteiger partial charge in [-0.15, -0.1) is 0 Å². The summed E-state index contributed by atoms with van der Waals surface area (Å²) < 4.78 is 23.6. The number of hydrogen-bond donors (Lipinski definition) is 1. The van der Waals surface area contributed by atoms with Crippen molar-refractivity contribution < 1.29 is 18.7 Å². The molecule has 2 aromatic carbocycles. The van der Waals surface area contributed by atoms with Crippen molar-refractivity contribution in [3.8, 4) is 11.5 Å². The quantitative estimate of drug-likeness (QED) is 0.854. The fourth-order valence-electron chi connectivity index (χ4n) is 2.96. The lowest BCUT2D eigenvalue weighted by molar-refractivity contribution is -0.150. The first kappa shape index (κ1) is 16.3. The van der Waals surface area contributed by atoms with Gasteiger partial charge in [0.05, 0.1) is 20.3 Å². The Bertz CT molecular complexity index is 748. The molecule has 0 unspecified atom stereocenters. The van der Waals surface area contributed by atoms with Crippen LogP contribution in [-0.4, -0.2) is 31.1 Å². The number of methoxy groups -OCH3 is 2. The second-order valence-corrected chi connectivity index (χ2v) is 5.68. The molecule has 0 spiro atoms. The van der Waals surface area contributed by atoms with E-state index in [1.54, 1.807) is 37.3 Å². The average Bonchev–Trinajstić information content (AvgIpc) is 2.62. The van der Waals surface area contributed by atoms with Gasteiger partial charge in [0.15, 0.2) is 11.5 Å². The van der Waals surface area contributed by atoms with Crippen LogP contribution >= 0.6 is 0 Å². The number of halogens is 1. The topological polar surface area (TPSA) is 64.8 Å². The smallest absolute Gasteiger partial charge is 0.242 e. The van der Waals surface area contributed by atoms with Crippen LogP contribution in [0, 0.1) is 5.82 Å². The third kappa shape index (κ3) is 2.80. The largest absolute Gasteiger partial charge is 0.493 e. The lowest BCUT2D eigenvalue weighted by Crippen LogP contribution is -2.62. The SMILES string of the molecule is COc1ccc([C@@H]2[C@H](N)C(=O)N2Cc2ccc(F)cc2)cc1OC. The minimum Gasteiger partial charge on any atom is -0.493 e. The Morgan fingerprint density at radius 2 is 1.75 bits per heavy atom. The van der Waals surface area contributed by atoms with E-state index in [-0.39, 0.29) is 17.8 Å². The number of rotatable bonds is 5. The van der Waals surface area contributed by atoms with Crippen LogP contribution in [0.25, 0.3) is 0 Å². The Labute approximate surface area is 139 Å². The first-order valence-electron chi connectivity index (χ1n) is 7.57. The fraction of sp³-hybridized carbons (Fsp3) is 0.278. The van der Waals surface area contributed by atoms with E-state index in [4.69, 9.17) is 15.2 Å². The van der Waals surface area contributed by atoms with Gasteiger partial charge in [0.2, 0.25) is 5.91 Å². The van der Waals surface area contributed by atoms with Crippen molar-refractivity contribution in [1.29, 1.82) is 0 Å². The van der Waals surface area contributed by atoms with Crippen LogP contribution < -0.4 is 15.2 Å². The normalized spacial score (nSPS) is 19.8. The van der Waals surface area contributed by atoms with Crippen LogP contribution in [0.5, 0.6) is 11.5 Å². The maximum atomic E-state index is 13.0. The molecule has 1 aliphatic heterocycles. The molecule has 0 aliphatic carbocycles. The van der Waals surface area contributed by atoms with Gasteiger partial charge in [0, 0.05) is 6.54 Å². The third-order valence-corrected chi connectivity index (χ3v) is 4.26. The summed E-state index contributed by atoms with van der Waals surface area (Å²) in [7, 11) is 3.13. The molecule has 5 nitrogen and oxygen atoms in total. The van der Waals surface area contributed by atoms with E-state index in [1.807, 2.05) is 12.1 Å². The van der Waals surface area contributed by atoms with E-state index < -0.39 is 6.04 Å². The first-order chi connectivity index (χ1) is 11.5. The second-order valence-electron chi connectivity index (χ2n) is 5.68. The molecular formula is C18H19FN2O3. The lowest BCUT2D eigenvalue weighted by atomic mass is 9.88.